The van der Waals surface area contributed by atoms with Gasteiger partial charge in [-0.3, -0.25) is 4.79 Å². The van der Waals surface area contributed by atoms with Crippen molar-refractivity contribution in [3.63, 3.8) is 0 Å². The largest absolute Gasteiger partial charge is 0.318 e. The second-order valence-electron chi connectivity index (χ2n) is 4.30. The molecule has 1 fully saturated rings. The lowest BCUT2D eigenvalue weighted by Gasteiger charge is -2.44. The van der Waals surface area contributed by atoms with Gasteiger partial charge in [0.1, 0.15) is 11.9 Å². The molecule has 1 aliphatic rings. The number of benzene rings is 1. The van der Waals surface area contributed by atoms with Gasteiger partial charge in [0.25, 0.3) is 0 Å². The van der Waals surface area contributed by atoms with E-state index in [1.165, 1.54) is 12.1 Å². The van der Waals surface area contributed by atoms with Crippen LogP contribution < -0.4 is 10.6 Å². The highest BCUT2D eigenvalue weighted by Crippen LogP contribution is 2.41. The summed E-state index contributed by atoms with van der Waals surface area (Å²) in [5, 5.41) is 0. The summed E-state index contributed by atoms with van der Waals surface area (Å²) in [5.41, 5.74) is 6.56. The summed E-state index contributed by atoms with van der Waals surface area (Å²) in [6.07, 6.45) is 0. The number of β-lactam (4-membered cyclic amide) rings is 1. The highest BCUT2D eigenvalue weighted by Gasteiger charge is 2.47. The van der Waals surface area contributed by atoms with Gasteiger partial charge in [-0.15, -0.1) is 11.3 Å². The minimum absolute atomic E-state index is 0.138. The molecule has 0 bridgehead atoms. The number of anilines is 1. The Kier molecular flexibility index (Phi) is 3.16. The van der Waals surface area contributed by atoms with Crippen LogP contribution in [0.4, 0.5) is 10.1 Å². The van der Waals surface area contributed by atoms with E-state index in [4.69, 9.17) is 5.73 Å². The second-order valence-corrected chi connectivity index (χ2v) is 6.79. The molecule has 1 aromatic carbocycles. The van der Waals surface area contributed by atoms with Gasteiger partial charge in [0.05, 0.1) is 9.83 Å². The lowest BCUT2D eigenvalue weighted by Crippen LogP contribution is -2.63. The van der Waals surface area contributed by atoms with Crippen LogP contribution >= 0.6 is 27.3 Å². The third kappa shape index (κ3) is 2.09. The lowest BCUT2D eigenvalue weighted by molar-refractivity contribution is -0.126. The number of hydrogen-bond acceptors (Lipinski definition) is 3. The molecule has 1 aromatic heterocycles. The van der Waals surface area contributed by atoms with E-state index in [-0.39, 0.29) is 17.8 Å². The molecule has 0 aliphatic carbocycles. The molecule has 98 valence electrons. The van der Waals surface area contributed by atoms with Gasteiger partial charge in [-0.25, -0.2) is 4.39 Å². The first-order valence-corrected chi connectivity index (χ1v) is 7.28. The quantitative estimate of drug-likeness (QED) is 0.854. The van der Waals surface area contributed by atoms with Gasteiger partial charge in [-0.2, -0.15) is 0 Å². The smallest absolute Gasteiger partial charge is 0.247 e. The number of hydrogen-bond donors (Lipinski definition) is 1. The summed E-state index contributed by atoms with van der Waals surface area (Å²) in [4.78, 5) is 14.6. The SMILES string of the molecule is N[C@H]1C(=O)N(c2ccc(F)cc2)[C@@H]1c1ccc(Br)s1. The van der Waals surface area contributed by atoms with Crippen LogP contribution in [0.5, 0.6) is 0 Å². The standard InChI is InChI=1S/C13H10BrFN2OS/c14-10-6-5-9(19-10)12-11(16)13(18)17(12)8-3-1-7(15)2-4-8/h1-6,11-12H,16H2/t11-,12-/m1/s1. The van der Waals surface area contributed by atoms with Crippen LogP contribution in [-0.4, -0.2) is 11.9 Å². The van der Waals surface area contributed by atoms with Gasteiger partial charge in [0.2, 0.25) is 5.91 Å². The Morgan fingerprint density at radius 1 is 1.21 bits per heavy atom. The third-order valence-corrected chi connectivity index (χ3v) is 4.83. The zero-order chi connectivity index (χ0) is 13.6. The predicted molar refractivity (Wildman–Crippen MR) is 76.6 cm³/mol. The highest BCUT2D eigenvalue weighted by atomic mass is 79.9. The maximum Gasteiger partial charge on any atom is 0.247 e. The molecular formula is C13H10BrFN2OS. The van der Waals surface area contributed by atoms with Crippen molar-refractivity contribution in [1.29, 1.82) is 0 Å². The summed E-state index contributed by atoms with van der Waals surface area (Å²) < 4.78 is 13.9. The minimum atomic E-state index is -0.532. The van der Waals surface area contributed by atoms with Crippen molar-refractivity contribution < 1.29 is 9.18 Å². The van der Waals surface area contributed by atoms with Crippen molar-refractivity contribution in [2.45, 2.75) is 12.1 Å². The van der Waals surface area contributed by atoms with Crippen molar-refractivity contribution in [2.24, 2.45) is 5.73 Å². The average Bonchev–Trinajstić information content (AvgIpc) is 2.82. The molecule has 1 amide bonds. The molecule has 0 radical (unpaired) electrons. The summed E-state index contributed by atoms with van der Waals surface area (Å²) in [7, 11) is 0. The molecule has 1 aliphatic heterocycles. The van der Waals surface area contributed by atoms with E-state index in [9.17, 15) is 9.18 Å². The number of nitrogens with zero attached hydrogens (tertiary/aromatic N) is 1. The van der Waals surface area contributed by atoms with E-state index in [1.807, 2.05) is 12.1 Å². The second kappa shape index (κ2) is 4.70. The number of thiophene rings is 1. The number of amides is 1. The van der Waals surface area contributed by atoms with Gasteiger partial charge in [0.15, 0.2) is 0 Å². The topological polar surface area (TPSA) is 46.3 Å². The molecule has 0 spiro atoms. The predicted octanol–water partition coefficient (Wildman–Crippen LogP) is 3.06. The molecule has 2 heterocycles. The first-order chi connectivity index (χ1) is 9.08. The Balaban J connectivity index is 1.95. The van der Waals surface area contributed by atoms with Crippen LogP contribution in [0, 0.1) is 5.82 Å². The van der Waals surface area contributed by atoms with Gasteiger partial charge >= 0.3 is 0 Å². The number of carbonyl (C=O) groups excluding carboxylic acids is 1. The molecule has 2 aromatic rings. The van der Waals surface area contributed by atoms with E-state index >= 15 is 0 Å². The zero-order valence-corrected chi connectivity index (χ0v) is 12.1. The molecule has 0 unspecified atom stereocenters. The normalized spacial score (nSPS) is 22.5. The molecule has 2 N–H and O–H groups in total. The van der Waals surface area contributed by atoms with E-state index in [0.29, 0.717) is 5.69 Å². The van der Waals surface area contributed by atoms with Crippen molar-refractivity contribution in [3.8, 4) is 0 Å². The maximum atomic E-state index is 12.9. The average molecular weight is 341 g/mol. The highest BCUT2D eigenvalue weighted by molar-refractivity contribution is 9.11. The number of carbonyl (C=O) groups is 1. The molecule has 19 heavy (non-hydrogen) atoms. The van der Waals surface area contributed by atoms with Crippen LogP contribution in [0.25, 0.3) is 0 Å². The first-order valence-electron chi connectivity index (χ1n) is 5.67. The van der Waals surface area contributed by atoms with Crippen molar-refractivity contribution in [1.82, 2.24) is 0 Å². The van der Waals surface area contributed by atoms with E-state index in [0.717, 1.165) is 8.66 Å². The van der Waals surface area contributed by atoms with E-state index in [2.05, 4.69) is 15.9 Å². The van der Waals surface area contributed by atoms with Gasteiger partial charge in [-0.1, -0.05) is 0 Å². The van der Waals surface area contributed by atoms with Crippen LogP contribution in [-0.2, 0) is 4.79 Å². The number of rotatable bonds is 2. The number of nitrogens with two attached hydrogens (primary N) is 1. The van der Waals surface area contributed by atoms with Gasteiger partial charge in [0, 0.05) is 10.6 Å². The Labute approximate surface area is 122 Å². The fraction of sp³-hybridized carbons (Fsp3) is 0.154. The van der Waals surface area contributed by atoms with Crippen molar-refractivity contribution >= 4 is 38.9 Å². The van der Waals surface area contributed by atoms with E-state index < -0.39 is 6.04 Å². The summed E-state index contributed by atoms with van der Waals surface area (Å²) in [6, 6.07) is 9.04. The number of halogens is 2. The van der Waals surface area contributed by atoms with Crippen LogP contribution in [0.15, 0.2) is 40.2 Å². The molecule has 0 saturated carbocycles. The Morgan fingerprint density at radius 3 is 2.47 bits per heavy atom. The molecule has 6 heteroatoms. The van der Waals surface area contributed by atoms with Crippen LogP contribution in [0.3, 0.4) is 0 Å². The Bertz CT molecular complexity index is 628. The summed E-state index contributed by atoms with van der Waals surface area (Å²) >= 11 is 4.95. The summed E-state index contributed by atoms with van der Waals surface area (Å²) in [6.45, 7) is 0. The Morgan fingerprint density at radius 2 is 1.89 bits per heavy atom. The Hall–Kier alpha value is -1.24. The first kappa shape index (κ1) is 12.8. The molecule has 1 saturated heterocycles. The monoisotopic (exact) mass is 340 g/mol. The third-order valence-electron chi connectivity index (χ3n) is 3.13. The van der Waals surface area contributed by atoms with Crippen molar-refractivity contribution in [2.75, 3.05) is 4.90 Å². The van der Waals surface area contributed by atoms with Gasteiger partial charge < -0.3 is 10.6 Å². The fourth-order valence-electron chi connectivity index (χ4n) is 2.19. The van der Waals surface area contributed by atoms with Crippen LogP contribution in [0.2, 0.25) is 0 Å². The molecular weight excluding hydrogens is 331 g/mol. The molecule has 2 atom stereocenters. The van der Waals surface area contributed by atoms with Gasteiger partial charge in [-0.05, 0) is 52.3 Å². The maximum absolute atomic E-state index is 12.9. The van der Waals surface area contributed by atoms with E-state index in [1.54, 1.807) is 28.4 Å². The fourth-order valence-corrected chi connectivity index (χ4v) is 3.76. The lowest BCUT2D eigenvalue weighted by atomic mass is 9.93. The molecule has 3 nitrogen and oxygen atoms in total. The zero-order valence-electron chi connectivity index (χ0n) is 9.72. The van der Waals surface area contributed by atoms with Crippen molar-refractivity contribution in [3.05, 3.63) is 50.9 Å². The minimum Gasteiger partial charge on any atom is -0.318 e. The summed E-state index contributed by atoms with van der Waals surface area (Å²) in [5.74, 6) is -0.461. The van der Waals surface area contributed by atoms with Crippen LogP contribution in [0.1, 0.15) is 10.9 Å². The molecule has 3 rings (SSSR count).